The van der Waals surface area contributed by atoms with Gasteiger partial charge in [-0.2, -0.15) is 0 Å². The Morgan fingerprint density at radius 2 is 2.05 bits per heavy atom. The molecule has 0 aromatic heterocycles. The van der Waals surface area contributed by atoms with E-state index in [0.29, 0.717) is 6.04 Å². The largest absolute Gasteiger partial charge is 0.311 e. The van der Waals surface area contributed by atoms with Crippen LogP contribution in [0.3, 0.4) is 0 Å². The van der Waals surface area contributed by atoms with E-state index in [2.05, 4.69) is 18.3 Å². The maximum atomic E-state index is 3.82. The first kappa shape index (κ1) is 14.6. The SMILES string of the molecule is CCNC(CC1CC2CCC1C2)C1=CCCCCCC1. The quantitative estimate of drug-likeness (QED) is 0.691. The second-order valence-corrected chi connectivity index (χ2v) is 7.51. The van der Waals surface area contributed by atoms with Gasteiger partial charge in [0.05, 0.1) is 0 Å². The summed E-state index contributed by atoms with van der Waals surface area (Å²) in [6, 6.07) is 0.697. The lowest BCUT2D eigenvalue weighted by Gasteiger charge is -2.29. The summed E-state index contributed by atoms with van der Waals surface area (Å²) in [6.07, 6.45) is 18.6. The molecule has 2 saturated carbocycles. The molecule has 4 unspecified atom stereocenters. The number of hydrogen-bond donors (Lipinski definition) is 1. The molecule has 2 fully saturated rings. The van der Waals surface area contributed by atoms with Crippen LogP contribution in [-0.4, -0.2) is 12.6 Å². The molecule has 1 N–H and O–H groups in total. The molecule has 0 aromatic rings. The average molecular weight is 275 g/mol. The van der Waals surface area contributed by atoms with Crippen LogP contribution in [0.15, 0.2) is 11.6 Å². The first-order valence-corrected chi connectivity index (χ1v) is 9.29. The second kappa shape index (κ2) is 7.11. The molecule has 20 heavy (non-hydrogen) atoms. The molecule has 0 radical (unpaired) electrons. The van der Waals surface area contributed by atoms with Crippen molar-refractivity contribution in [3.8, 4) is 0 Å². The van der Waals surface area contributed by atoms with Crippen LogP contribution < -0.4 is 5.32 Å². The Bertz CT molecular complexity index is 333. The first-order valence-electron chi connectivity index (χ1n) is 9.29. The zero-order chi connectivity index (χ0) is 13.8. The predicted molar refractivity (Wildman–Crippen MR) is 86.8 cm³/mol. The highest BCUT2D eigenvalue weighted by atomic mass is 14.9. The molecule has 0 aliphatic heterocycles. The van der Waals surface area contributed by atoms with E-state index >= 15 is 0 Å². The molecule has 114 valence electrons. The molecule has 1 nitrogen and oxygen atoms in total. The lowest BCUT2D eigenvalue weighted by atomic mass is 9.81. The molecule has 3 rings (SSSR count). The fraction of sp³-hybridized carbons (Fsp3) is 0.895. The molecule has 0 heterocycles. The van der Waals surface area contributed by atoms with Gasteiger partial charge in [-0.05, 0) is 75.7 Å². The maximum Gasteiger partial charge on any atom is 0.0282 e. The highest BCUT2D eigenvalue weighted by Gasteiger charge is 2.40. The Kier molecular flexibility index (Phi) is 5.20. The Balaban J connectivity index is 1.61. The van der Waals surface area contributed by atoms with Gasteiger partial charge in [-0.3, -0.25) is 0 Å². The molecule has 2 bridgehead atoms. The van der Waals surface area contributed by atoms with Crippen LogP contribution in [0.25, 0.3) is 0 Å². The molecule has 3 aliphatic carbocycles. The van der Waals surface area contributed by atoms with E-state index in [1.807, 2.05) is 0 Å². The van der Waals surface area contributed by atoms with Crippen LogP contribution in [0.2, 0.25) is 0 Å². The average Bonchev–Trinajstić information content (AvgIpc) is 3.00. The van der Waals surface area contributed by atoms with Gasteiger partial charge in [0.25, 0.3) is 0 Å². The monoisotopic (exact) mass is 275 g/mol. The second-order valence-electron chi connectivity index (χ2n) is 7.51. The molecule has 0 aromatic carbocycles. The Labute approximate surface area is 125 Å². The summed E-state index contributed by atoms with van der Waals surface area (Å²) in [7, 11) is 0. The fourth-order valence-corrected chi connectivity index (χ4v) is 5.11. The van der Waals surface area contributed by atoms with Gasteiger partial charge in [0.1, 0.15) is 0 Å². The summed E-state index contributed by atoms with van der Waals surface area (Å²) in [4.78, 5) is 0. The van der Waals surface area contributed by atoms with Crippen molar-refractivity contribution in [3.05, 3.63) is 11.6 Å². The highest BCUT2D eigenvalue weighted by molar-refractivity contribution is 5.13. The molecule has 0 saturated heterocycles. The minimum Gasteiger partial charge on any atom is -0.311 e. The van der Waals surface area contributed by atoms with Crippen LogP contribution in [0.1, 0.15) is 77.6 Å². The van der Waals surface area contributed by atoms with Crippen molar-refractivity contribution >= 4 is 0 Å². The Morgan fingerprint density at radius 3 is 2.80 bits per heavy atom. The molecule has 0 amide bonds. The normalized spacial score (nSPS) is 35.5. The Morgan fingerprint density at radius 1 is 1.15 bits per heavy atom. The van der Waals surface area contributed by atoms with Gasteiger partial charge < -0.3 is 5.32 Å². The van der Waals surface area contributed by atoms with Crippen LogP contribution in [0.5, 0.6) is 0 Å². The minimum atomic E-state index is 0.697. The maximum absolute atomic E-state index is 3.82. The summed E-state index contributed by atoms with van der Waals surface area (Å²) in [5.74, 6) is 3.21. The number of allylic oxidation sites excluding steroid dienone is 1. The molecule has 1 heteroatoms. The number of nitrogens with one attached hydrogen (secondary N) is 1. The van der Waals surface area contributed by atoms with E-state index in [-0.39, 0.29) is 0 Å². The van der Waals surface area contributed by atoms with Crippen molar-refractivity contribution in [2.24, 2.45) is 17.8 Å². The standard InChI is InChI=1S/C19H33N/c1-2-20-19(16-8-6-4-3-5-7-9-16)14-18-13-15-10-11-17(18)12-15/h8,15,17-20H,2-7,9-14H2,1H3. The lowest BCUT2D eigenvalue weighted by molar-refractivity contribution is 0.288. The van der Waals surface area contributed by atoms with Crippen molar-refractivity contribution in [2.75, 3.05) is 6.54 Å². The van der Waals surface area contributed by atoms with Gasteiger partial charge in [0.2, 0.25) is 0 Å². The molecule has 3 aliphatic rings. The molecular formula is C19H33N. The van der Waals surface area contributed by atoms with Crippen molar-refractivity contribution in [3.63, 3.8) is 0 Å². The van der Waals surface area contributed by atoms with E-state index in [1.54, 1.807) is 18.4 Å². The molecule has 4 atom stereocenters. The highest BCUT2D eigenvalue weighted by Crippen LogP contribution is 2.50. The van der Waals surface area contributed by atoms with Crippen LogP contribution in [0.4, 0.5) is 0 Å². The van der Waals surface area contributed by atoms with Gasteiger partial charge in [-0.25, -0.2) is 0 Å². The van der Waals surface area contributed by atoms with Gasteiger partial charge in [-0.15, -0.1) is 0 Å². The first-order chi connectivity index (χ1) is 9.86. The summed E-state index contributed by atoms with van der Waals surface area (Å²) < 4.78 is 0. The van der Waals surface area contributed by atoms with Gasteiger partial charge in [-0.1, -0.05) is 37.8 Å². The molecule has 0 spiro atoms. The molecular weight excluding hydrogens is 242 g/mol. The number of rotatable bonds is 5. The zero-order valence-corrected chi connectivity index (χ0v) is 13.4. The van der Waals surface area contributed by atoms with Crippen LogP contribution in [-0.2, 0) is 0 Å². The van der Waals surface area contributed by atoms with E-state index in [0.717, 1.165) is 24.3 Å². The minimum absolute atomic E-state index is 0.697. The van der Waals surface area contributed by atoms with Crippen LogP contribution in [0, 0.1) is 17.8 Å². The predicted octanol–water partition coefficient (Wildman–Crippen LogP) is 5.07. The smallest absolute Gasteiger partial charge is 0.0282 e. The number of hydrogen-bond acceptors (Lipinski definition) is 1. The van der Waals surface area contributed by atoms with E-state index in [4.69, 9.17) is 0 Å². The van der Waals surface area contributed by atoms with Gasteiger partial charge in [0.15, 0.2) is 0 Å². The van der Waals surface area contributed by atoms with E-state index < -0.39 is 0 Å². The topological polar surface area (TPSA) is 12.0 Å². The van der Waals surface area contributed by atoms with Gasteiger partial charge in [0, 0.05) is 6.04 Å². The van der Waals surface area contributed by atoms with E-state index in [1.165, 1.54) is 57.8 Å². The van der Waals surface area contributed by atoms with E-state index in [9.17, 15) is 0 Å². The number of likely N-dealkylation sites (N-methyl/N-ethyl adjacent to an activating group) is 1. The van der Waals surface area contributed by atoms with Crippen LogP contribution >= 0.6 is 0 Å². The summed E-state index contributed by atoms with van der Waals surface area (Å²) in [6.45, 7) is 3.40. The Hall–Kier alpha value is -0.300. The van der Waals surface area contributed by atoms with Crippen molar-refractivity contribution < 1.29 is 0 Å². The zero-order valence-electron chi connectivity index (χ0n) is 13.4. The van der Waals surface area contributed by atoms with Gasteiger partial charge >= 0.3 is 0 Å². The summed E-state index contributed by atoms with van der Waals surface area (Å²) >= 11 is 0. The lowest BCUT2D eigenvalue weighted by Crippen LogP contribution is -2.34. The van der Waals surface area contributed by atoms with Crippen molar-refractivity contribution in [2.45, 2.75) is 83.6 Å². The van der Waals surface area contributed by atoms with Crippen molar-refractivity contribution in [1.29, 1.82) is 0 Å². The third-order valence-corrected chi connectivity index (χ3v) is 6.15. The fourth-order valence-electron chi connectivity index (χ4n) is 5.11. The number of fused-ring (bicyclic) bond motifs is 2. The van der Waals surface area contributed by atoms with Crippen molar-refractivity contribution in [1.82, 2.24) is 5.32 Å². The third-order valence-electron chi connectivity index (χ3n) is 6.15. The third kappa shape index (κ3) is 3.47. The summed E-state index contributed by atoms with van der Waals surface area (Å²) in [5, 5.41) is 3.82. The summed E-state index contributed by atoms with van der Waals surface area (Å²) in [5.41, 5.74) is 1.76.